The number of carbonyl (C=O) groups excluding carboxylic acids is 1. The number of hydrogen-bond acceptors (Lipinski definition) is 2. The number of hydrogen-bond donors (Lipinski definition) is 1. The van der Waals surface area contributed by atoms with E-state index in [0.717, 1.165) is 11.0 Å². The standard InChI is InChI=1S/C16H18FNO3/c1-5-10(3)14(16(20)21)18(4)15(19)12-8-7-11(6-2)13(17)9-12/h2,7-10,14H,5H2,1,3-4H3,(H,20,21). The fraction of sp³-hybridized carbons (Fsp3) is 0.375. The Bertz CT molecular complexity index is 592. The fourth-order valence-electron chi connectivity index (χ4n) is 2.11. The summed E-state index contributed by atoms with van der Waals surface area (Å²) in [5.74, 6) is -0.359. The van der Waals surface area contributed by atoms with E-state index in [0.29, 0.717) is 6.42 Å². The highest BCUT2D eigenvalue weighted by molar-refractivity contribution is 5.96. The highest BCUT2D eigenvalue weighted by Crippen LogP contribution is 2.18. The van der Waals surface area contributed by atoms with Gasteiger partial charge >= 0.3 is 5.97 Å². The maximum Gasteiger partial charge on any atom is 0.326 e. The van der Waals surface area contributed by atoms with Gasteiger partial charge in [0.1, 0.15) is 11.9 Å². The molecule has 1 rings (SSSR count). The molecule has 0 saturated carbocycles. The monoisotopic (exact) mass is 291 g/mol. The number of nitrogens with zero attached hydrogens (tertiary/aromatic N) is 1. The van der Waals surface area contributed by atoms with E-state index in [4.69, 9.17) is 6.42 Å². The van der Waals surface area contributed by atoms with Crippen molar-refractivity contribution in [2.75, 3.05) is 7.05 Å². The molecule has 0 aliphatic rings. The van der Waals surface area contributed by atoms with Gasteiger partial charge in [-0.2, -0.15) is 0 Å². The summed E-state index contributed by atoms with van der Waals surface area (Å²) in [6.07, 6.45) is 5.73. The number of carbonyl (C=O) groups is 2. The third-order valence-corrected chi connectivity index (χ3v) is 3.55. The molecule has 1 amide bonds. The van der Waals surface area contributed by atoms with E-state index in [1.165, 1.54) is 19.2 Å². The molecule has 0 saturated heterocycles. The number of carboxylic acid groups (broad SMARTS) is 1. The van der Waals surface area contributed by atoms with Gasteiger partial charge in [-0.25, -0.2) is 9.18 Å². The molecule has 4 nitrogen and oxygen atoms in total. The van der Waals surface area contributed by atoms with Crippen LogP contribution >= 0.6 is 0 Å². The second-order valence-corrected chi connectivity index (χ2v) is 4.92. The van der Waals surface area contributed by atoms with Crippen LogP contribution in [0.15, 0.2) is 18.2 Å². The van der Waals surface area contributed by atoms with Crippen LogP contribution in [0.5, 0.6) is 0 Å². The second-order valence-electron chi connectivity index (χ2n) is 4.92. The number of terminal acetylenes is 1. The van der Waals surface area contributed by atoms with E-state index in [-0.39, 0.29) is 17.0 Å². The van der Waals surface area contributed by atoms with E-state index in [1.54, 1.807) is 6.92 Å². The van der Waals surface area contributed by atoms with Crippen molar-refractivity contribution in [2.45, 2.75) is 26.3 Å². The van der Waals surface area contributed by atoms with E-state index < -0.39 is 23.7 Å². The molecule has 0 radical (unpaired) electrons. The minimum absolute atomic E-state index is 0.0610. The van der Waals surface area contributed by atoms with Crippen LogP contribution in [-0.4, -0.2) is 35.0 Å². The highest BCUT2D eigenvalue weighted by Gasteiger charge is 2.31. The number of amides is 1. The minimum Gasteiger partial charge on any atom is -0.480 e. The van der Waals surface area contributed by atoms with E-state index >= 15 is 0 Å². The molecular formula is C16H18FNO3. The van der Waals surface area contributed by atoms with Crippen molar-refractivity contribution in [3.8, 4) is 12.3 Å². The Kier molecular flexibility index (Phi) is 5.48. The number of rotatable bonds is 5. The van der Waals surface area contributed by atoms with Gasteiger partial charge in [0.25, 0.3) is 5.91 Å². The summed E-state index contributed by atoms with van der Waals surface area (Å²) in [4.78, 5) is 24.8. The predicted molar refractivity (Wildman–Crippen MR) is 77.3 cm³/mol. The van der Waals surface area contributed by atoms with Gasteiger partial charge < -0.3 is 10.0 Å². The number of carboxylic acids is 1. The largest absolute Gasteiger partial charge is 0.480 e. The molecule has 5 heteroatoms. The third kappa shape index (κ3) is 3.60. The van der Waals surface area contributed by atoms with Crippen molar-refractivity contribution in [1.29, 1.82) is 0 Å². The number of benzene rings is 1. The maximum absolute atomic E-state index is 13.6. The Balaban J connectivity index is 3.09. The lowest BCUT2D eigenvalue weighted by Gasteiger charge is -2.29. The van der Waals surface area contributed by atoms with Gasteiger partial charge in [0, 0.05) is 12.6 Å². The number of aliphatic carboxylic acids is 1. The van der Waals surface area contributed by atoms with Gasteiger partial charge in [-0.3, -0.25) is 4.79 Å². The Morgan fingerprint density at radius 3 is 2.52 bits per heavy atom. The first-order valence-corrected chi connectivity index (χ1v) is 6.59. The van der Waals surface area contributed by atoms with Gasteiger partial charge in [-0.15, -0.1) is 6.42 Å². The molecule has 0 aliphatic heterocycles. The Morgan fingerprint density at radius 1 is 1.48 bits per heavy atom. The molecule has 1 N–H and O–H groups in total. The van der Waals surface area contributed by atoms with Gasteiger partial charge in [-0.1, -0.05) is 26.2 Å². The van der Waals surface area contributed by atoms with Crippen LogP contribution in [0.3, 0.4) is 0 Å². The number of likely N-dealkylation sites (N-methyl/N-ethyl adjacent to an activating group) is 1. The molecule has 112 valence electrons. The molecule has 1 aromatic carbocycles. The van der Waals surface area contributed by atoms with Gasteiger partial charge in [0.2, 0.25) is 0 Å². The summed E-state index contributed by atoms with van der Waals surface area (Å²) in [6, 6.07) is 2.80. The van der Waals surface area contributed by atoms with Crippen molar-refractivity contribution in [3.05, 3.63) is 35.1 Å². The normalized spacial score (nSPS) is 13.1. The lowest BCUT2D eigenvalue weighted by molar-refractivity contribution is -0.143. The van der Waals surface area contributed by atoms with Crippen LogP contribution < -0.4 is 0 Å². The van der Waals surface area contributed by atoms with Crippen molar-refractivity contribution in [2.24, 2.45) is 5.92 Å². The van der Waals surface area contributed by atoms with Crippen LogP contribution in [-0.2, 0) is 4.79 Å². The van der Waals surface area contributed by atoms with Crippen molar-refractivity contribution >= 4 is 11.9 Å². The van der Waals surface area contributed by atoms with Crippen molar-refractivity contribution in [3.63, 3.8) is 0 Å². The molecule has 0 aromatic heterocycles. The second kappa shape index (κ2) is 6.89. The smallest absolute Gasteiger partial charge is 0.326 e. The topological polar surface area (TPSA) is 57.6 Å². The summed E-state index contributed by atoms with van der Waals surface area (Å²) in [5, 5.41) is 9.28. The zero-order valence-corrected chi connectivity index (χ0v) is 12.3. The SMILES string of the molecule is C#Cc1ccc(C(=O)N(C)C(C(=O)O)C(C)CC)cc1F. The van der Waals surface area contributed by atoms with Crippen molar-refractivity contribution in [1.82, 2.24) is 4.90 Å². The molecule has 0 bridgehead atoms. The van der Waals surface area contributed by atoms with Crippen LogP contribution in [0.4, 0.5) is 4.39 Å². The molecule has 0 spiro atoms. The summed E-state index contributed by atoms with van der Waals surface area (Å²) in [7, 11) is 1.40. The molecule has 0 fully saturated rings. The van der Waals surface area contributed by atoms with E-state index in [9.17, 15) is 19.1 Å². The van der Waals surface area contributed by atoms with Gasteiger partial charge in [0.15, 0.2) is 0 Å². The Hall–Kier alpha value is -2.35. The third-order valence-electron chi connectivity index (χ3n) is 3.55. The average molecular weight is 291 g/mol. The minimum atomic E-state index is -1.08. The van der Waals surface area contributed by atoms with Gasteiger partial charge in [0.05, 0.1) is 5.56 Å². The molecule has 0 heterocycles. The highest BCUT2D eigenvalue weighted by atomic mass is 19.1. The molecular weight excluding hydrogens is 273 g/mol. The zero-order valence-electron chi connectivity index (χ0n) is 12.3. The first-order chi connectivity index (χ1) is 9.83. The molecule has 2 atom stereocenters. The Morgan fingerprint density at radius 2 is 2.10 bits per heavy atom. The van der Waals surface area contributed by atoms with Crippen LogP contribution in [0, 0.1) is 24.1 Å². The van der Waals surface area contributed by atoms with E-state index in [1.807, 2.05) is 6.92 Å². The predicted octanol–water partition coefficient (Wildman–Crippen LogP) is 2.38. The zero-order chi connectivity index (χ0) is 16.2. The van der Waals surface area contributed by atoms with Crippen molar-refractivity contribution < 1.29 is 19.1 Å². The molecule has 2 unspecified atom stereocenters. The van der Waals surface area contributed by atoms with Crippen LogP contribution in [0.2, 0.25) is 0 Å². The first kappa shape index (κ1) is 16.7. The number of halogens is 1. The molecule has 21 heavy (non-hydrogen) atoms. The first-order valence-electron chi connectivity index (χ1n) is 6.59. The van der Waals surface area contributed by atoms with E-state index in [2.05, 4.69) is 5.92 Å². The average Bonchev–Trinajstić information content (AvgIpc) is 2.45. The van der Waals surface area contributed by atoms with Crippen LogP contribution in [0.25, 0.3) is 0 Å². The lowest BCUT2D eigenvalue weighted by atomic mass is 9.97. The summed E-state index contributed by atoms with van der Waals surface area (Å²) in [5.41, 5.74) is 0.134. The fourth-order valence-corrected chi connectivity index (χ4v) is 2.11. The van der Waals surface area contributed by atoms with Gasteiger partial charge in [-0.05, 0) is 24.1 Å². The van der Waals surface area contributed by atoms with Crippen LogP contribution in [0.1, 0.15) is 36.2 Å². The molecule has 1 aromatic rings. The maximum atomic E-state index is 13.6. The quantitative estimate of drug-likeness (QED) is 0.847. The Labute approximate surface area is 123 Å². The summed E-state index contributed by atoms with van der Waals surface area (Å²) >= 11 is 0. The lowest BCUT2D eigenvalue weighted by Crippen LogP contribution is -2.46. The molecule has 0 aliphatic carbocycles. The summed E-state index contributed by atoms with van der Waals surface area (Å²) < 4.78 is 13.6. The summed E-state index contributed by atoms with van der Waals surface area (Å²) in [6.45, 7) is 3.60.